The summed E-state index contributed by atoms with van der Waals surface area (Å²) < 4.78 is 12.3. The number of halogens is 1. The highest BCUT2D eigenvalue weighted by atomic mass is 79.9. The lowest BCUT2D eigenvalue weighted by Gasteiger charge is -2.14. The maximum absolute atomic E-state index is 5.40. The normalized spacial score (nSPS) is 19.0. The lowest BCUT2D eigenvalue weighted by atomic mass is 10.2. The van der Waals surface area contributed by atoms with Gasteiger partial charge in [-0.25, -0.2) is 0 Å². The molecule has 3 rings (SSSR count). The highest BCUT2D eigenvalue weighted by Gasteiger charge is 2.41. The van der Waals surface area contributed by atoms with Gasteiger partial charge in [0.2, 0.25) is 6.79 Å². The third kappa shape index (κ3) is 2.49. The quantitative estimate of drug-likeness (QED) is 0.898. The second-order valence-corrected chi connectivity index (χ2v) is 6.92. The van der Waals surface area contributed by atoms with E-state index in [0.29, 0.717) is 11.5 Å². The van der Waals surface area contributed by atoms with E-state index in [-0.39, 0.29) is 0 Å². The van der Waals surface area contributed by atoms with Gasteiger partial charge in [-0.3, -0.25) is 0 Å². The Balaban J connectivity index is 1.62. The van der Waals surface area contributed by atoms with Gasteiger partial charge in [-0.15, -0.1) is 0 Å². The average Bonchev–Trinajstić information content (AvgIpc) is 3.01. The fourth-order valence-electron chi connectivity index (χ4n) is 2.11. The Morgan fingerprint density at radius 2 is 2.06 bits per heavy atom. The topological polar surface area (TPSA) is 30.5 Å². The standard InChI is InChI=1S/C13H16BrNO2S/c1-18-13(2-3-13)7-15-6-9-4-11-12(5-10(9)14)17-8-16-11/h4-5,15H,2-3,6-8H2,1H3. The predicted octanol–water partition coefficient (Wildman–Crippen LogP) is 3.16. The van der Waals surface area contributed by atoms with Crippen molar-refractivity contribution in [2.45, 2.75) is 24.1 Å². The molecule has 1 aliphatic heterocycles. The van der Waals surface area contributed by atoms with Crippen LogP contribution < -0.4 is 14.8 Å². The molecule has 98 valence electrons. The fraction of sp³-hybridized carbons (Fsp3) is 0.538. The van der Waals surface area contributed by atoms with Gasteiger partial charge in [-0.2, -0.15) is 11.8 Å². The van der Waals surface area contributed by atoms with E-state index < -0.39 is 0 Å². The van der Waals surface area contributed by atoms with Gasteiger partial charge in [-0.05, 0) is 36.8 Å². The number of benzene rings is 1. The van der Waals surface area contributed by atoms with Crippen molar-refractivity contribution in [3.05, 3.63) is 22.2 Å². The number of ether oxygens (including phenoxy) is 2. The minimum absolute atomic E-state index is 0.328. The fourth-order valence-corrected chi connectivity index (χ4v) is 3.33. The summed E-state index contributed by atoms with van der Waals surface area (Å²) in [5.41, 5.74) is 1.22. The van der Waals surface area contributed by atoms with E-state index in [2.05, 4.69) is 33.6 Å². The van der Waals surface area contributed by atoms with Crippen LogP contribution in [0.1, 0.15) is 18.4 Å². The van der Waals surface area contributed by atoms with Crippen molar-refractivity contribution >= 4 is 27.7 Å². The molecule has 0 spiro atoms. The van der Waals surface area contributed by atoms with Gasteiger partial charge in [0.25, 0.3) is 0 Å². The second-order valence-electron chi connectivity index (χ2n) is 4.79. The zero-order chi connectivity index (χ0) is 12.6. The zero-order valence-corrected chi connectivity index (χ0v) is 12.7. The lowest BCUT2D eigenvalue weighted by Crippen LogP contribution is -2.25. The van der Waals surface area contributed by atoms with Gasteiger partial charge in [0.05, 0.1) is 0 Å². The largest absolute Gasteiger partial charge is 0.454 e. The van der Waals surface area contributed by atoms with Crippen molar-refractivity contribution in [2.75, 3.05) is 19.6 Å². The Labute approximate surface area is 120 Å². The van der Waals surface area contributed by atoms with Crippen LogP contribution in [0.4, 0.5) is 0 Å². The van der Waals surface area contributed by atoms with E-state index in [9.17, 15) is 0 Å². The molecule has 0 amide bonds. The van der Waals surface area contributed by atoms with Crippen LogP contribution >= 0.6 is 27.7 Å². The average molecular weight is 330 g/mol. The maximum Gasteiger partial charge on any atom is 0.231 e. The summed E-state index contributed by atoms with van der Waals surface area (Å²) in [6.07, 6.45) is 4.87. The number of fused-ring (bicyclic) bond motifs is 1. The minimum atomic E-state index is 0.328. The Bertz CT molecular complexity index is 463. The first kappa shape index (κ1) is 12.6. The molecule has 1 aromatic rings. The summed E-state index contributed by atoms with van der Waals surface area (Å²) in [5, 5.41) is 3.54. The number of hydrogen-bond acceptors (Lipinski definition) is 4. The van der Waals surface area contributed by atoms with Gasteiger partial charge in [0.1, 0.15) is 0 Å². The smallest absolute Gasteiger partial charge is 0.231 e. The van der Waals surface area contributed by atoms with Crippen molar-refractivity contribution in [2.24, 2.45) is 0 Å². The van der Waals surface area contributed by atoms with Gasteiger partial charge < -0.3 is 14.8 Å². The number of thioether (sulfide) groups is 1. The third-order valence-corrected chi connectivity index (χ3v) is 5.70. The summed E-state index contributed by atoms with van der Waals surface area (Å²) in [4.78, 5) is 0. The summed E-state index contributed by atoms with van der Waals surface area (Å²) in [5.74, 6) is 1.68. The van der Waals surface area contributed by atoms with Crippen LogP contribution in [0, 0.1) is 0 Å². The first-order valence-electron chi connectivity index (χ1n) is 6.06. The summed E-state index contributed by atoms with van der Waals surface area (Å²) >= 11 is 5.56. The predicted molar refractivity (Wildman–Crippen MR) is 77.5 cm³/mol. The molecule has 0 radical (unpaired) electrons. The van der Waals surface area contributed by atoms with Crippen LogP contribution in [0.5, 0.6) is 11.5 Å². The van der Waals surface area contributed by atoms with Crippen molar-refractivity contribution < 1.29 is 9.47 Å². The van der Waals surface area contributed by atoms with Crippen LogP contribution in [-0.2, 0) is 6.54 Å². The molecule has 18 heavy (non-hydrogen) atoms. The number of nitrogens with one attached hydrogen (secondary N) is 1. The molecule has 1 saturated carbocycles. The van der Waals surface area contributed by atoms with Crippen LogP contribution in [0.2, 0.25) is 0 Å². The molecule has 0 bridgehead atoms. The molecule has 0 unspecified atom stereocenters. The highest BCUT2D eigenvalue weighted by Crippen LogP contribution is 2.46. The summed E-state index contributed by atoms with van der Waals surface area (Å²) in [6.45, 7) is 2.27. The van der Waals surface area contributed by atoms with Crippen LogP contribution in [-0.4, -0.2) is 24.3 Å². The molecule has 2 aliphatic rings. The van der Waals surface area contributed by atoms with E-state index in [1.807, 2.05) is 17.8 Å². The van der Waals surface area contributed by atoms with Gasteiger partial charge in [-0.1, -0.05) is 15.9 Å². The zero-order valence-electron chi connectivity index (χ0n) is 10.3. The molecule has 0 atom stereocenters. The van der Waals surface area contributed by atoms with E-state index >= 15 is 0 Å². The van der Waals surface area contributed by atoms with Crippen LogP contribution in [0.15, 0.2) is 16.6 Å². The maximum atomic E-state index is 5.40. The van der Waals surface area contributed by atoms with Crippen LogP contribution in [0.25, 0.3) is 0 Å². The first-order valence-corrected chi connectivity index (χ1v) is 8.08. The van der Waals surface area contributed by atoms with E-state index in [4.69, 9.17) is 9.47 Å². The molecule has 3 nitrogen and oxygen atoms in total. The molecule has 1 fully saturated rings. The molecule has 1 aromatic carbocycles. The molecule has 1 aliphatic carbocycles. The van der Waals surface area contributed by atoms with Crippen molar-refractivity contribution in [3.8, 4) is 11.5 Å². The SMILES string of the molecule is CSC1(CNCc2cc3c(cc2Br)OCO3)CC1. The van der Waals surface area contributed by atoms with E-state index in [0.717, 1.165) is 29.1 Å². The molecular weight excluding hydrogens is 314 g/mol. The van der Waals surface area contributed by atoms with Gasteiger partial charge >= 0.3 is 0 Å². The Hall–Kier alpha value is -0.390. The third-order valence-electron chi connectivity index (χ3n) is 3.54. The number of hydrogen-bond donors (Lipinski definition) is 1. The van der Waals surface area contributed by atoms with Crippen molar-refractivity contribution in [3.63, 3.8) is 0 Å². The van der Waals surface area contributed by atoms with Crippen molar-refractivity contribution in [1.82, 2.24) is 5.32 Å². The van der Waals surface area contributed by atoms with Gasteiger partial charge in [0.15, 0.2) is 11.5 Å². The lowest BCUT2D eigenvalue weighted by molar-refractivity contribution is 0.174. The molecule has 0 aromatic heterocycles. The molecule has 1 N–H and O–H groups in total. The summed E-state index contributed by atoms with van der Waals surface area (Å²) in [7, 11) is 0. The monoisotopic (exact) mass is 329 g/mol. The van der Waals surface area contributed by atoms with Gasteiger partial charge in [0, 0.05) is 22.3 Å². The Morgan fingerprint density at radius 3 is 2.72 bits per heavy atom. The highest BCUT2D eigenvalue weighted by molar-refractivity contribution is 9.10. The molecule has 1 heterocycles. The van der Waals surface area contributed by atoms with Crippen LogP contribution in [0.3, 0.4) is 0 Å². The van der Waals surface area contributed by atoms with E-state index in [1.165, 1.54) is 18.4 Å². The summed E-state index contributed by atoms with van der Waals surface area (Å²) in [6, 6.07) is 4.04. The minimum Gasteiger partial charge on any atom is -0.454 e. The van der Waals surface area contributed by atoms with E-state index in [1.54, 1.807) is 0 Å². The van der Waals surface area contributed by atoms with Crippen molar-refractivity contribution in [1.29, 1.82) is 0 Å². The first-order chi connectivity index (χ1) is 8.72. The Kier molecular flexibility index (Phi) is 3.47. The molecular formula is C13H16BrNO2S. The molecule has 0 saturated heterocycles. The Morgan fingerprint density at radius 1 is 1.33 bits per heavy atom. The number of rotatable bonds is 5. The second kappa shape index (κ2) is 4.94. The molecule has 5 heteroatoms.